The molecule has 1 N–H and O–H groups in total. The number of carbonyl (C=O) groups is 2. The third-order valence-corrected chi connectivity index (χ3v) is 3.82. The van der Waals surface area contributed by atoms with Crippen LogP contribution in [-0.2, 0) is 27.2 Å². The minimum Gasteiger partial charge on any atom is -0.481 e. The highest BCUT2D eigenvalue weighted by atomic mass is 79.9. The van der Waals surface area contributed by atoms with Gasteiger partial charge >= 0.3 is 11.9 Å². The minimum absolute atomic E-state index is 0.0906. The van der Waals surface area contributed by atoms with Crippen LogP contribution in [0.25, 0.3) is 0 Å². The Labute approximate surface area is 151 Å². The molecule has 4 nitrogen and oxygen atoms in total. The number of esters is 1. The number of ether oxygens (including phenoxy) is 1. The normalized spacial score (nSPS) is 9.52. The number of carbonyl (C=O) groups excluding carboxylic acids is 1. The maximum atomic E-state index is 10.8. The molecule has 0 aliphatic heterocycles. The van der Waals surface area contributed by atoms with E-state index in [2.05, 4.69) is 36.6 Å². The number of benzene rings is 2. The molecule has 0 atom stereocenters. The molecule has 2 aromatic rings. The van der Waals surface area contributed by atoms with Crippen LogP contribution in [0.5, 0.6) is 0 Å². The van der Waals surface area contributed by atoms with E-state index in [9.17, 15) is 9.59 Å². The highest BCUT2D eigenvalue weighted by Crippen LogP contribution is 2.11. The Bertz CT molecular complexity index is 637. The highest BCUT2D eigenvalue weighted by molar-refractivity contribution is 9.10. The summed E-state index contributed by atoms with van der Waals surface area (Å²) < 4.78 is 6.51. The quantitative estimate of drug-likeness (QED) is 0.717. The second kappa shape index (κ2) is 10.2. The van der Waals surface area contributed by atoms with Gasteiger partial charge in [0.05, 0.1) is 20.0 Å². The predicted molar refractivity (Wildman–Crippen MR) is 95.3 cm³/mol. The topological polar surface area (TPSA) is 63.6 Å². The van der Waals surface area contributed by atoms with E-state index in [-0.39, 0.29) is 12.4 Å². The molecule has 0 aliphatic rings. The van der Waals surface area contributed by atoms with Gasteiger partial charge in [-0.2, -0.15) is 0 Å². The maximum absolute atomic E-state index is 10.8. The van der Waals surface area contributed by atoms with Crippen LogP contribution in [0.4, 0.5) is 0 Å². The molecule has 122 valence electrons. The van der Waals surface area contributed by atoms with Crippen LogP contribution in [0.1, 0.15) is 11.1 Å². The molecule has 0 aliphatic carbocycles. The van der Waals surface area contributed by atoms with E-state index in [0.717, 1.165) is 20.1 Å². The number of carboxylic acids is 1. The number of methoxy groups -OCH3 is 1. The average molecular weight is 444 g/mol. The first-order valence-corrected chi connectivity index (χ1v) is 8.27. The van der Waals surface area contributed by atoms with Crippen LogP contribution in [0.15, 0.2) is 57.5 Å². The van der Waals surface area contributed by atoms with Gasteiger partial charge in [-0.05, 0) is 35.4 Å². The Kier molecular flexibility index (Phi) is 8.58. The van der Waals surface area contributed by atoms with Gasteiger partial charge in [0.25, 0.3) is 0 Å². The van der Waals surface area contributed by atoms with E-state index in [1.165, 1.54) is 7.11 Å². The Morgan fingerprint density at radius 3 is 1.61 bits per heavy atom. The van der Waals surface area contributed by atoms with Crippen molar-refractivity contribution in [2.75, 3.05) is 7.11 Å². The number of hydrogen-bond acceptors (Lipinski definition) is 3. The Hall–Kier alpha value is -1.66. The molecule has 6 heteroatoms. The molecule has 2 aromatic carbocycles. The van der Waals surface area contributed by atoms with Gasteiger partial charge in [0.2, 0.25) is 0 Å². The van der Waals surface area contributed by atoms with Crippen LogP contribution < -0.4 is 0 Å². The molecule has 0 spiro atoms. The summed E-state index contributed by atoms with van der Waals surface area (Å²) in [6.07, 6.45) is 0.428. The van der Waals surface area contributed by atoms with Crippen molar-refractivity contribution < 1.29 is 19.4 Å². The highest BCUT2D eigenvalue weighted by Gasteiger charge is 2.01. The Balaban J connectivity index is 0.000000231. The molecule has 0 amide bonds. The monoisotopic (exact) mass is 442 g/mol. The second-order valence-corrected chi connectivity index (χ2v) is 6.41. The zero-order valence-electron chi connectivity index (χ0n) is 12.5. The molecule has 0 saturated heterocycles. The lowest BCUT2D eigenvalue weighted by atomic mass is 10.2. The number of rotatable bonds is 4. The summed E-state index contributed by atoms with van der Waals surface area (Å²) in [5.41, 5.74) is 1.78. The van der Waals surface area contributed by atoms with Crippen LogP contribution in [0, 0.1) is 0 Å². The Morgan fingerprint density at radius 2 is 1.26 bits per heavy atom. The fourth-order valence-corrected chi connectivity index (χ4v) is 2.15. The molecular weight excluding hydrogens is 428 g/mol. The zero-order valence-corrected chi connectivity index (χ0v) is 15.6. The summed E-state index contributed by atoms with van der Waals surface area (Å²) in [5.74, 6) is -1.01. The predicted octanol–water partition coefficient (Wildman–Crippen LogP) is 4.24. The molecule has 23 heavy (non-hydrogen) atoms. The molecule has 2 rings (SSSR count). The summed E-state index contributed by atoms with van der Waals surface area (Å²) in [5, 5.41) is 8.42. The second-order valence-electron chi connectivity index (χ2n) is 4.58. The molecule has 0 aromatic heterocycles. The van der Waals surface area contributed by atoms with E-state index in [0.29, 0.717) is 6.42 Å². The lowest BCUT2D eigenvalue weighted by molar-refractivity contribution is -0.140. The van der Waals surface area contributed by atoms with E-state index >= 15 is 0 Å². The first kappa shape index (κ1) is 19.4. The van der Waals surface area contributed by atoms with Gasteiger partial charge in [0.1, 0.15) is 0 Å². The van der Waals surface area contributed by atoms with Gasteiger partial charge in [0.15, 0.2) is 0 Å². The first-order chi connectivity index (χ1) is 10.9. The summed E-state index contributed by atoms with van der Waals surface area (Å²) in [6, 6.07) is 14.8. The molecule has 0 radical (unpaired) electrons. The van der Waals surface area contributed by atoms with Crippen LogP contribution >= 0.6 is 31.9 Å². The van der Waals surface area contributed by atoms with Gasteiger partial charge in [-0.15, -0.1) is 0 Å². The van der Waals surface area contributed by atoms with E-state index in [4.69, 9.17) is 5.11 Å². The average Bonchev–Trinajstić information content (AvgIpc) is 2.52. The lowest BCUT2D eigenvalue weighted by Gasteiger charge is -1.98. The van der Waals surface area contributed by atoms with Crippen molar-refractivity contribution in [3.63, 3.8) is 0 Å². The summed E-state index contributed by atoms with van der Waals surface area (Å²) >= 11 is 6.58. The molecule has 0 bridgehead atoms. The number of aliphatic carboxylic acids is 1. The maximum Gasteiger partial charge on any atom is 0.309 e. The fraction of sp³-hybridized carbons (Fsp3) is 0.176. The van der Waals surface area contributed by atoms with E-state index < -0.39 is 5.97 Å². The van der Waals surface area contributed by atoms with Gasteiger partial charge < -0.3 is 9.84 Å². The molecular formula is C17H16Br2O4. The largest absolute Gasteiger partial charge is 0.481 e. The fourth-order valence-electron chi connectivity index (χ4n) is 1.62. The van der Waals surface area contributed by atoms with E-state index in [1.54, 1.807) is 12.1 Å². The number of halogens is 2. The molecule has 0 fully saturated rings. The van der Waals surface area contributed by atoms with Gasteiger partial charge in [0, 0.05) is 8.95 Å². The molecule has 0 saturated carbocycles. The van der Waals surface area contributed by atoms with Crippen molar-refractivity contribution in [3.05, 3.63) is 68.6 Å². The van der Waals surface area contributed by atoms with Gasteiger partial charge in [-0.3, -0.25) is 9.59 Å². The first-order valence-electron chi connectivity index (χ1n) is 6.68. The number of carboxylic acid groups (broad SMARTS) is 1. The Morgan fingerprint density at radius 1 is 0.870 bits per heavy atom. The third-order valence-electron chi connectivity index (χ3n) is 2.76. The molecule has 0 heterocycles. The van der Waals surface area contributed by atoms with E-state index in [1.807, 2.05) is 36.4 Å². The lowest BCUT2D eigenvalue weighted by Crippen LogP contribution is -2.03. The van der Waals surface area contributed by atoms with Crippen LogP contribution in [0.3, 0.4) is 0 Å². The van der Waals surface area contributed by atoms with Crippen molar-refractivity contribution in [3.8, 4) is 0 Å². The summed E-state index contributed by atoms with van der Waals surface area (Å²) in [6.45, 7) is 0. The smallest absolute Gasteiger partial charge is 0.309 e. The van der Waals surface area contributed by atoms with Crippen molar-refractivity contribution in [2.24, 2.45) is 0 Å². The summed E-state index contributed by atoms with van der Waals surface area (Å²) in [7, 11) is 1.39. The zero-order chi connectivity index (χ0) is 17.2. The number of hydrogen-bond donors (Lipinski definition) is 1. The SMILES string of the molecule is COC(=O)Cc1ccc(Br)cc1.O=C(O)Cc1ccc(Br)cc1. The third kappa shape index (κ3) is 8.52. The van der Waals surface area contributed by atoms with Gasteiger partial charge in [-0.25, -0.2) is 0 Å². The van der Waals surface area contributed by atoms with Crippen LogP contribution in [-0.4, -0.2) is 24.2 Å². The van der Waals surface area contributed by atoms with Crippen LogP contribution in [0.2, 0.25) is 0 Å². The minimum atomic E-state index is -0.799. The van der Waals surface area contributed by atoms with Crippen molar-refractivity contribution >= 4 is 43.8 Å². The standard InChI is InChI=1S/C9H9BrO2.C8H7BrO2/c1-12-9(11)6-7-2-4-8(10)5-3-7;9-7-3-1-6(2-4-7)5-8(10)11/h2-5H,6H2,1H3;1-4H,5H2,(H,10,11). The van der Waals surface area contributed by atoms with Crippen molar-refractivity contribution in [2.45, 2.75) is 12.8 Å². The van der Waals surface area contributed by atoms with Gasteiger partial charge in [-0.1, -0.05) is 56.1 Å². The summed E-state index contributed by atoms with van der Waals surface area (Å²) in [4.78, 5) is 21.1. The molecule has 0 unspecified atom stereocenters. The van der Waals surface area contributed by atoms with Crippen molar-refractivity contribution in [1.82, 2.24) is 0 Å². The van der Waals surface area contributed by atoms with Crippen molar-refractivity contribution in [1.29, 1.82) is 0 Å².